The first kappa shape index (κ1) is 23.3. The monoisotopic (exact) mass is 495 g/mol. The van der Waals surface area contributed by atoms with Crippen LogP contribution in [0.3, 0.4) is 0 Å². The third kappa shape index (κ3) is 5.23. The molecule has 33 heavy (non-hydrogen) atoms. The highest BCUT2D eigenvalue weighted by atomic mass is 35.5. The van der Waals surface area contributed by atoms with Gasteiger partial charge in [0.15, 0.2) is 11.7 Å². The number of carbonyl (C=O) groups excluding carboxylic acids is 1. The average molecular weight is 496 g/mol. The van der Waals surface area contributed by atoms with Crippen LogP contribution in [0.2, 0.25) is 5.02 Å². The summed E-state index contributed by atoms with van der Waals surface area (Å²) in [5.74, 6) is -1.22. The third-order valence-electron chi connectivity index (χ3n) is 5.33. The predicted octanol–water partition coefficient (Wildman–Crippen LogP) is 3.74. The zero-order valence-electron chi connectivity index (χ0n) is 17.4. The number of rotatable bonds is 6. The summed E-state index contributed by atoms with van der Waals surface area (Å²) in [6, 6.07) is 9.20. The Morgan fingerprint density at radius 2 is 1.85 bits per heavy atom. The van der Waals surface area contributed by atoms with Gasteiger partial charge in [0.05, 0.1) is 16.7 Å². The fourth-order valence-corrected chi connectivity index (χ4v) is 5.29. The van der Waals surface area contributed by atoms with Crippen molar-refractivity contribution >= 4 is 27.5 Å². The zero-order valence-corrected chi connectivity index (χ0v) is 19.0. The van der Waals surface area contributed by atoms with Crippen molar-refractivity contribution in [1.82, 2.24) is 14.2 Å². The normalized spacial score (nSPS) is 15.1. The summed E-state index contributed by atoms with van der Waals surface area (Å²) in [6.45, 7) is 0.869. The highest BCUT2D eigenvalue weighted by molar-refractivity contribution is 7.89. The van der Waals surface area contributed by atoms with Gasteiger partial charge in [-0.25, -0.2) is 22.2 Å². The van der Waals surface area contributed by atoms with Crippen molar-refractivity contribution < 1.29 is 26.4 Å². The molecule has 1 amide bonds. The second-order valence-corrected chi connectivity index (χ2v) is 9.86. The number of halogens is 3. The van der Waals surface area contributed by atoms with E-state index >= 15 is 0 Å². The van der Waals surface area contributed by atoms with E-state index in [0.29, 0.717) is 5.02 Å². The third-order valence-corrected chi connectivity index (χ3v) is 7.46. The molecular formula is C22H20ClF2N3O4S. The second kappa shape index (κ2) is 9.58. The summed E-state index contributed by atoms with van der Waals surface area (Å²) in [4.78, 5) is 18.4. The summed E-state index contributed by atoms with van der Waals surface area (Å²) >= 11 is 5.91. The van der Waals surface area contributed by atoms with Gasteiger partial charge >= 0.3 is 0 Å². The summed E-state index contributed by atoms with van der Waals surface area (Å²) in [6.07, 6.45) is 1.63. The van der Waals surface area contributed by atoms with Crippen molar-refractivity contribution in [3.63, 3.8) is 0 Å². The Labute approximate surface area is 194 Å². The molecule has 0 aliphatic carbocycles. The van der Waals surface area contributed by atoms with Crippen LogP contribution < -0.4 is 0 Å². The molecule has 11 heteroatoms. The Morgan fingerprint density at radius 3 is 2.55 bits per heavy atom. The first-order valence-corrected chi connectivity index (χ1v) is 12.0. The van der Waals surface area contributed by atoms with Crippen molar-refractivity contribution in [2.45, 2.75) is 17.7 Å². The highest BCUT2D eigenvalue weighted by Gasteiger charge is 2.30. The number of sulfonamides is 1. The minimum Gasteiger partial charge on any atom is -0.441 e. The molecule has 0 bridgehead atoms. The van der Waals surface area contributed by atoms with E-state index in [1.807, 2.05) is 0 Å². The molecule has 1 aliphatic heterocycles. The first-order chi connectivity index (χ1) is 15.7. The van der Waals surface area contributed by atoms with Gasteiger partial charge < -0.3 is 9.32 Å². The molecule has 1 aliphatic rings. The summed E-state index contributed by atoms with van der Waals surface area (Å²) in [7, 11) is -3.69. The van der Waals surface area contributed by atoms with Crippen LogP contribution in [0.1, 0.15) is 12.3 Å². The maximum Gasteiger partial charge on any atom is 0.243 e. The molecule has 0 unspecified atom stereocenters. The molecule has 1 fully saturated rings. The fourth-order valence-electron chi connectivity index (χ4n) is 3.57. The maximum absolute atomic E-state index is 13.9. The lowest BCUT2D eigenvalue weighted by Gasteiger charge is -2.34. The van der Waals surface area contributed by atoms with Crippen molar-refractivity contribution in [2.24, 2.45) is 0 Å². The van der Waals surface area contributed by atoms with E-state index in [1.165, 1.54) is 28.7 Å². The molecule has 7 nitrogen and oxygen atoms in total. The lowest BCUT2D eigenvalue weighted by Crippen LogP contribution is -2.50. The number of benzene rings is 2. The maximum atomic E-state index is 13.9. The second-order valence-electron chi connectivity index (χ2n) is 7.48. The molecule has 3 aromatic rings. The molecule has 1 saturated heterocycles. The van der Waals surface area contributed by atoms with Crippen LogP contribution in [0, 0.1) is 11.6 Å². The van der Waals surface area contributed by atoms with Crippen molar-refractivity contribution in [1.29, 1.82) is 0 Å². The van der Waals surface area contributed by atoms with Crippen LogP contribution in [0.25, 0.3) is 11.3 Å². The molecule has 4 rings (SSSR count). The number of aromatic nitrogens is 1. The number of carbonyl (C=O) groups is 1. The van der Waals surface area contributed by atoms with Gasteiger partial charge in [0, 0.05) is 50.1 Å². The minimum absolute atomic E-state index is 0.0820. The predicted molar refractivity (Wildman–Crippen MR) is 117 cm³/mol. The van der Waals surface area contributed by atoms with Crippen LogP contribution in [-0.2, 0) is 21.2 Å². The van der Waals surface area contributed by atoms with E-state index < -0.39 is 21.7 Å². The lowest BCUT2D eigenvalue weighted by molar-refractivity contribution is -0.132. The smallest absolute Gasteiger partial charge is 0.243 e. The number of oxazole rings is 1. The molecule has 0 N–H and O–H groups in total. The standard InChI is InChI=1S/C22H20ClF2N3O4S/c23-15-2-1-3-17(12-15)33(30,31)28-10-8-27(9-11-28)22(29)7-6-21-26-14-20(32-21)18-5-4-16(24)13-19(18)25/h1-5,12-14H,6-11H2. The molecule has 0 radical (unpaired) electrons. The largest absolute Gasteiger partial charge is 0.441 e. The molecule has 2 heterocycles. The number of hydrogen-bond acceptors (Lipinski definition) is 5. The highest BCUT2D eigenvalue weighted by Crippen LogP contribution is 2.25. The molecular weight excluding hydrogens is 476 g/mol. The fraction of sp³-hybridized carbons (Fsp3) is 0.273. The van der Waals surface area contributed by atoms with Gasteiger partial charge in [-0.3, -0.25) is 4.79 Å². The van der Waals surface area contributed by atoms with Crippen LogP contribution >= 0.6 is 11.6 Å². The van der Waals surface area contributed by atoms with Crippen LogP contribution in [0.5, 0.6) is 0 Å². The van der Waals surface area contributed by atoms with E-state index in [2.05, 4.69) is 4.98 Å². The Balaban J connectivity index is 1.31. The van der Waals surface area contributed by atoms with Gasteiger partial charge in [-0.2, -0.15) is 4.31 Å². The Hall–Kier alpha value is -2.82. The molecule has 2 aromatic carbocycles. The Morgan fingerprint density at radius 1 is 1.09 bits per heavy atom. The number of piperazine rings is 1. The minimum atomic E-state index is -3.69. The number of aryl methyl sites for hydroxylation is 1. The van der Waals surface area contributed by atoms with Crippen molar-refractivity contribution in [3.05, 3.63) is 71.2 Å². The lowest BCUT2D eigenvalue weighted by atomic mass is 10.2. The van der Waals surface area contributed by atoms with Gasteiger partial charge in [-0.1, -0.05) is 17.7 Å². The Kier molecular flexibility index (Phi) is 6.78. The quantitative estimate of drug-likeness (QED) is 0.520. The number of nitrogens with zero attached hydrogens (tertiary/aromatic N) is 3. The summed E-state index contributed by atoms with van der Waals surface area (Å²) < 4.78 is 59.4. The van der Waals surface area contributed by atoms with E-state index in [0.717, 1.165) is 12.1 Å². The molecule has 0 spiro atoms. The first-order valence-electron chi connectivity index (χ1n) is 10.2. The van der Waals surface area contributed by atoms with Gasteiger partial charge in [0.2, 0.25) is 15.9 Å². The Bertz CT molecular complexity index is 1270. The number of hydrogen-bond donors (Lipinski definition) is 0. The van der Waals surface area contributed by atoms with E-state index in [-0.39, 0.29) is 67.0 Å². The average Bonchev–Trinajstić information content (AvgIpc) is 3.26. The number of amides is 1. The van der Waals surface area contributed by atoms with Gasteiger partial charge in [-0.05, 0) is 30.3 Å². The van der Waals surface area contributed by atoms with Crippen molar-refractivity contribution in [2.75, 3.05) is 26.2 Å². The molecule has 1 aromatic heterocycles. The molecule has 174 valence electrons. The summed E-state index contributed by atoms with van der Waals surface area (Å²) in [5.41, 5.74) is 0.0820. The van der Waals surface area contributed by atoms with Crippen LogP contribution in [0.15, 0.2) is 58.0 Å². The zero-order chi connectivity index (χ0) is 23.6. The van der Waals surface area contributed by atoms with Gasteiger partial charge in [-0.15, -0.1) is 0 Å². The van der Waals surface area contributed by atoms with Crippen LogP contribution in [0.4, 0.5) is 8.78 Å². The SMILES string of the molecule is O=C(CCc1ncc(-c2ccc(F)cc2F)o1)N1CCN(S(=O)(=O)c2cccc(Cl)c2)CC1. The van der Waals surface area contributed by atoms with Gasteiger partial charge in [0.1, 0.15) is 11.6 Å². The topological polar surface area (TPSA) is 83.7 Å². The molecule has 0 saturated carbocycles. The van der Waals surface area contributed by atoms with E-state index in [4.69, 9.17) is 16.0 Å². The van der Waals surface area contributed by atoms with Gasteiger partial charge in [0.25, 0.3) is 0 Å². The van der Waals surface area contributed by atoms with E-state index in [1.54, 1.807) is 17.0 Å². The summed E-state index contributed by atoms with van der Waals surface area (Å²) in [5, 5.41) is 0.335. The van der Waals surface area contributed by atoms with E-state index in [9.17, 15) is 22.0 Å². The van der Waals surface area contributed by atoms with Crippen molar-refractivity contribution in [3.8, 4) is 11.3 Å². The molecule has 0 atom stereocenters. The van der Waals surface area contributed by atoms with Crippen LogP contribution in [-0.4, -0.2) is 54.7 Å².